The molecule has 0 aliphatic carbocycles. The minimum absolute atomic E-state index is 0.168. The fraction of sp³-hybridized carbons (Fsp3) is 0.222. The molecule has 0 aliphatic rings. The number of anilines is 1. The summed E-state index contributed by atoms with van der Waals surface area (Å²) < 4.78 is 35.6. The Kier molecular flexibility index (Phi) is 7.72. The van der Waals surface area contributed by atoms with E-state index in [9.17, 15) is 13.2 Å². The summed E-state index contributed by atoms with van der Waals surface area (Å²) >= 11 is 11.8. The minimum Gasteiger partial charge on any atom is -0.493 e. The smallest absolute Gasteiger partial charge is 0.260 e. The molecule has 2 aromatic carbocycles. The number of hydrogen-bond acceptors (Lipinski definition) is 6. The van der Waals surface area contributed by atoms with E-state index >= 15 is 0 Å². The summed E-state index contributed by atoms with van der Waals surface area (Å²) in [6, 6.07) is 9.43. The van der Waals surface area contributed by atoms with Crippen molar-refractivity contribution in [1.82, 2.24) is 5.43 Å². The molecule has 0 bridgehead atoms. The Morgan fingerprint density at radius 1 is 1.17 bits per heavy atom. The average Bonchev–Trinajstić information content (AvgIpc) is 2.67. The number of nitrogens with zero attached hydrogens (tertiary/aromatic N) is 2. The number of hydrazone groups is 1. The van der Waals surface area contributed by atoms with E-state index in [4.69, 9.17) is 32.7 Å². The zero-order valence-corrected chi connectivity index (χ0v) is 18.2. The molecule has 8 nitrogen and oxygen atoms in total. The van der Waals surface area contributed by atoms with E-state index < -0.39 is 22.5 Å². The number of amides is 1. The van der Waals surface area contributed by atoms with Gasteiger partial charge in [0.1, 0.15) is 6.54 Å². The number of hydrogen-bond donors (Lipinski definition) is 1. The number of benzene rings is 2. The monoisotopic (exact) mass is 459 g/mol. The van der Waals surface area contributed by atoms with Crippen LogP contribution in [0.1, 0.15) is 5.56 Å². The first-order valence-corrected chi connectivity index (χ1v) is 10.7. The van der Waals surface area contributed by atoms with Gasteiger partial charge in [-0.05, 0) is 30.3 Å². The molecule has 1 amide bonds. The zero-order chi connectivity index (χ0) is 21.6. The molecule has 0 atom stereocenters. The van der Waals surface area contributed by atoms with E-state index in [0.29, 0.717) is 17.1 Å². The number of sulfonamides is 1. The third-order valence-electron chi connectivity index (χ3n) is 3.70. The van der Waals surface area contributed by atoms with E-state index in [1.165, 1.54) is 38.6 Å². The molecule has 2 aromatic rings. The van der Waals surface area contributed by atoms with Crippen molar-refractivity contribution in [2.75, 3.05) is 31.3 Å². The highest BCUT2D eigenvalue weighted by atomic mass is 35.5. The summed E-state index contributed by atoms with van der Waals surface area (Å²) in [5.74, 6) is 0.298. The average molecular weight is 460 g/mol. The van der Waals surface area contributed by atoms with Gasteiger partial charge in [-0.25, -0.2) is 13.8 Å². The zero-order valence-electron chi connectivity index (χ0n) is 15.8. The van der Waals surface area contributed by atoms with Crippen LogP contribution in [0.3, 0.4) is 0 Å². The molecule has 0 fully saturated rings. The van der Waals surface area contributed by atoms with Crippen LogP contribution in [0.25, 0.3) is 0 Å². The molecular formula is C18H19Cl2N3O5S. The summed E-state index contributed by atoms with van der Waals surface area (Å²) in [4.78, 5) is 12.2. The number of nitrogens with one attached hydrogen (secondary N) is 1. The van der Waals surface area contributed by atoms with Gasteiger partial charge in [-0.2, -0.15) is 5.10 Å². The molecule has 11 heteroatoms. The molecule has 0 saturated heterocycles. The Labute approximate surface area is 179 Å². The molecular weight excluding hydrogens is 441 g/mol. The number of carbonyl (C=O) groups is 1. The van der Waals surface area contributed by atoms with Crippen molar-refractivity contribution < 1.29 is 22.7 Å². The second-order valence-corrected chi connectivity index (χ2v) is 8.47. The van der Waals surface area contributed by atoms with E-state index in [1.54, 1.807) is 18.2 Å². The van der Waals surface area contributed by atoms with Gasteiger partial charge in [-0.15, -0.1) is 0 Å². The van der Waals surface area contributed by atoms with Crippen molar-refractivity contribution in [3.8, 4) is 11.5 Å². The molecule has 0 saturated carbocycles. The van der Waals surface area contributed by atoms with Gasteiger partial charge in [0.2, 0.25) is 10.0 Å². The SMILES string of the molecule is COc1cccc(/C=N/NC(=O)CN(c2ccc(Cl)c(Cl)c2)S(C)(=O)=O)c1OC. The van der Waals surface area contributed by atoms with Crippen LogP contribution in [-0.4, -0.2) is 47.6 Å². The molecule has 0 aromatic heterocycles. The number of ether oxygens (including phenoxy) is 2. The van der Waals surface area contributed by atoms with Crippen molar-refractivity contribution in [2.45, 2.75) is 0 Å². The second-order valence-electron chi connectivity index (χ2n) is 5.74. The normalized spacial score (nSPS) is 11.3. The van der Waals surface area contributed by atoms with Crippen LogP contribution in [0, 0.1) is 0 Å². The highest BCUT2D eigenvalue weighted by Crippen LogP contribution is 2.30. The molecule has 0 spiro atoms. The molecule has 0 unspecified atom stereocenters. The minimum atomic E-state index is -3.76. The summed E-state index contributed by atoms with van der Waals surface area (Å²) in [6.07, 6.45) is 2.34. The van der Waals surface area contributed by atoms with Crippen LogP contribution in [0.5, 0.6) is 11.5 Å². The van der Waals surface area contributed by atoms with Gasteiger partial charge < -0.3 is 9.47 Å². The fourth-order valence-electron chi connectivity index (χ4n) is 2.39. The third-order valence-corrected chi connectivity index (χ3v) is 5.58. The Morgan fingerprint density at radius 2 is 1.90 bits per heavy atom. The predicted octanol–water partition coefficient (Wildman–Crippen LogP) is 2.93. The van der Waals surface area contributed by atoms with Crippen LogP contribution in [0.4, 0.5) is 5.69 Å². The third kappa shape index (κ3) is 5.99. The van der Waals surface area contributed by atoms with E-state index in [0.717, 1.165) is 10.6 Å². The Balaban J connectivity index is 2.15. The molecule has 0 heterocycles. The van der Waals surface area contributed by atoms with E-state index in [1.807, 2.05) is 0 Å². The highest BCUT2D eigenvalue weighted by Gasteiger charge is 2.21. The summed E-state index contributed by atoms with van der Waals surface area (Å²) in [6.45, 7) is -0.497. The Hall–Kier alpha value is -2.49. The molecule has 29 heavy (non-hydrogen) atoms. The standard InChI is InChI=1S/C18H19Cl2N3O5S/c1-27-16-6-4-5-12(18(16)28-2)10-21-22-17(24)11-23(29(3,25)26)13-7-8-14(19)15(20)9-13/h4-10H,11H2,1-3H3,(H,22,24)/b21-10+. The van der Waals surface area contributed by atoms with Crippen molar-refractivity contribution in [1.29, 1.82) is 0 Å². The lowest BCUT2D eigenvalue weighted by Crippen LogP contribution is -2.39. The van der Waals surface area contributed by atoms with E-state index in [-0.39, 0.29) is 15.7 Å². The molecule has 2 rings (SSSR count). The van der Waals surface area contributed by atoms with Crippen molar-refractivity contribution >= 4 is 51.0 Å². The Bertz CT molecular complexity index is 1030. The van der Waals surface area contributed by atoms with Crippen LogP contribution in [0.2, 0.25) is 10.0 Å². The highest BCUT2D eigenvalue weighted by molar-refractivity contribution is 7.92. The summed E-state index contributed by atoms with van der Waals surface area (Å²) in [5, 5.41) is 4.29. The van der Waals surface area contributed by atoms with Gasteiger partial charge in [-0.3, -0.25) is 9.10 Å². The lowest BCUT2D eigenvalue weighted by molar-refractivity contribution is -0.119. The topological polar surface area (TPSA) is 97.3 Å². The van der Waals surface area contributed by atoms with Gasteiger partial charge in [0.05, 0.1) is 42.4 Å². The maximum absolute atomic E-state index is 12.2. The van der Waals surface area contributed by atoms with Crippen molar-refractivity contribution in [2.24, 2.45) is 5.10 Å². The number of carbonyl (C=O) groups excluding carboxylic acids is 1. The van der Waals surface area contributed by atoms with Crippen LogP contribution >= 0.6 is 23.2 Å². The summed E-state index contributed by atoms with van der Waals surface area (Å²) in [5.41, 5.74) is 3.06. The maximum atomic E-state index is 12.2. The van der Waals surface area contributed by atoms with Gasteiger partial charge in [0.25, 0.3) is 5.91 Å². The van der Waals surface area contributed by atoms with Crippen LogP contribution in [0.15, 0.2) is 41.5 Å². The molecule has 1 N–H and O–H groups in total. The molecule has 156 valence electrons. The van der Waals surface area contributed by atoms with Crippen molar-refractivity contribution in [3.05, 3.63) is 52.0 Å². The van der Waals surface area contributed by atoms with Gasteiger partial charge in [0, 0.05) is 5.56 Å². The number of rotatable bonds is 8. The fourth-order valence-corrected chi connectivity index (χ4v) is 3.53. The predicted molar refractivity (Wildman–Crippen MR) is 114 cm³/mol. The largest absolute Gasteiger partial charge is 0.493 e. The van der Waals surface area contributed by atoms with Crippen molar-refractivity contribution in [3.63, 3.8) is 0 Å². The molecule has 0 aliphatic heterocycles. The Morgan fingerprint density at radius 3 is 2.48 bits per heavy atom. The lowest BCUT2D eigenvalue weighted by Gasteiger charge is -2.21. The molecule has 0 radical (unpaired) electrons. The number of methoxy groups -OCH3 is 2. The number of para-hydroxylation sites is 1. The quantitative estimate of drug-likeness (QED) is 0.483. The van der Waals surface area contributed by atoms with Crippen LogP contribution in [-0.2, 0) is 14.8 Å². The second kappa shape index (κ2) is 9.82. The van der Waals surface area contributed by atoms with Crippen LogP contribution < -0.4 is 19.2 Å². The first kappa shape index (κ1) is 22.8. The van der Waals surface area contributed by atoms with Gasteiger partial charge >= 0.3 is 0 Å². The maximum Gasteiger partial charge on any atom is 0.260 e. The first-order chi connectivity index (χ1) is 13.7. The van der Waals surface area contributed by atoms with Gasteiger partial charge in [0.15, 0.2) is 11.5 Å². The number of halogens is 2. The lowest BCUT2D eigenvalue weighted by atomic mass is 10.2. The van der Waals surface area contributed by atoms with Gasteiger partial charge in [-0.1, -0.05) is 29.3 Å². The summed E-state index contributed by atoms with van der Waals surface area (Å²) in [7, 11) is -0.773. The first-order valence-electron chi connectivity index (χ1n) is 8.13. The van der Waals surface area contributed by atoms with E-state index in [2.05, 4.69) is 10.5 Å².